The van der Waals surface area contributed by atoms with E-state index in [4.69, 9.17) is 4.74 Å². The molecule has 0 spiro atoms. The summed E-state index contributed by atoms with van der Waals surface area (Å²) in [5.41, 5.74) is 1.48. The highest BCUT2D eigenvalue weighted by atomic mass is 32.2. The lowest BCUT2D eigenvalue weighted by molar-refractivity contribution is -0.134. The molecule has 0 saturated carbocycles. The van der Waals surface area contributed by atoms with Crippen molar-refractivity contribution in [2.45, 2.75) is 43.9 Å². The molecule has 1 fully saturated rings. The molecule has 8 nitrogen and oxygen atoms in total. The van der Waals surface area contributed by atoms with Gasteiger partial charge in [0.2, 0.25) is 21.8 Å². The van der Waals surface area contributed by atoms with Crippen LogP contribution in [0.4, 0.5) is 5.69 Å². The minimum atomic E-state index is -3.47. The lowest BCUT2D eigenvalue weighted by Crippen LogP contribution is -2.38. The van der Waals surface area contributed by atoms with Gasteiger partial charge in [-0.3, -0.25) is 9.59 Å². The minimum absolute atomic E-state index is 0.0421. The molecule has 1 aliphatic rings. The van der Waals surface area contributed by atoms with E-state index in [0.717, 1.165) is 24.8 Å². The zero-order chi connectivity index (χ0) is 24.6. The molecule has 1 N–H and O–H groups in total. The van der Waals surface area contributed by atoms with Crippen molar-refractivity contribution in [3.8, 4) is 5.75 Å². The molecule has 2 amide bonds. The van der Waals surface area contributed by atoms with Crippen LogP contribution in [0, 0.1) is 0 Å². The number of amides is 2. The molecule has 1 heterocycles. The van der Waals surface area contributed by atoms with Crippen molar-refractivity contribution in [1.29, 1.82) is 0 Å². The fraction of sp³-hybridized carbons (Fsp3) is 0.440. The van der Waals surface area contributed by atoms with Crippen LogP contribution in [0.1, 0.15) is 38.2 Å². The largest absolute Gasteiger partial charge is 0.497 e. The summed E-state index contributed by atoms with van der Waals surface area (Å²) in [7, 11) is -1.91. The Morgan fingerprint density at radius 2 is 1.76 bits per heavy atom. The number of hydrogen-bond donors (Lipinski definition) is 1. The molecule has 34 heavy (non-hydrogen) atoms. The van der Waals surface area contributed by atoms with Crippen molar-refractivity contribution < 1.29 is 22.7 Å². The molecule has 1 aliphatic heterocycles. The van der Waals surface area contributed by atoms with Crippen molar-refractivity contribution in [3.05, 3.63) is 54.1 Å². The number of nitrogens with zero attached hydrogens (tertiary/aromatic N) is 2. The average Bonchev–Trinajstić information content (AvgIpc) is 2.86. The summed E-state index contributed by atoms with van der Waals surface area (Å²) in [6.45, 7) is 3.33. The Kier molecular flexibility index (Phi) is 9.06. The maximum Gasteiger partial charge on any atom is 0.243 e. The Hall–Kier alpha value is -2.91. The van der Waals surface area contributed by atoms with Crippen molar-refractivity contribution in [3.63, 3.8) is 0 Å². The van der Waals surface area contributed by atoms with Crippen LogP contribution in [0.2, 0.25) is 0 Å². The van der Waals surface area contributed by atoms with Gasteiger partial charge in [0.05, 0.1) is 18.6 Å². The third kappa shape index (κ3) is 6.80. The summed E-state index contributed by atoms with van der Waals surface area (Å²) in [6.07, 6.45) is 3.56. The Morgan fingerprint density at radius 3 is 2.41 bits per heavy atom. The van der Waals surface area contributed by atoms with Gasteiger partial charge in [0.1, 0.15) is 5.75 Å². The quantitative estimate of drug-likeness (QED) is 0.555. The van der Waals surface area contributed by atoms with E-state index in [1.807, 2.05) is 6.92 Å². The molecule has 3 rings (SSSR count). The predicted molar refractivity (Wildman–Crippen MR) is 131 cm³/mol. The number of piperidine rings is 1. The summed E-state index contributed by atoms with van der Waals surface area (Å²) in [5, 5.41) is 2.78. The van der Waals surface area contributed by atoms with Crippen LogP contribution in [-0.4, -0.2) is 62.7 Å². The topological polar surface area (TPSA) is 96.0 Å². The van der Waals surface area contributed by atoms with Crippen LogP contribution in [0.5, 0.6) is 5.75 Å². The zero-order valence-electron chi connectivity index (χ0n) is 19.8. The third-order valence-electron chi connectivity index (χ3n) is 5.93. The van der Waals surface area contributed by atoms with Crippen LogP contribution in [0.3, 0.4) is 0 Å². The summed E-state index contributed by atoms with van der Waals surface area (Å²) in [4.78, 5) is 26.9. The number of anilines is 1. The Morgan fingerprint density at radius 1 is 1.06 bits per heavy atom. The number of rotatable bonds is 10. The first kappa shape index (κ1) is 25.7. The highest BCUT2D eigenvalue weighted by Crippen LogP contribution is 2.21. The number of likely N-dealkylation sites (N-methyl/N-ethyl adjacent to an activating group) is 1. The Labute approximate surface area is 201 Å². The summed E-state index contributed by atoms with van der Waals surface area (Å²) in [6, 6.07) is 13.8. The van der Waals surface area contributed by atoms with Gasteiger partial charge in [0, 0.05) is 37.8 Å². The summed E-state index contributed by atoms with van der Waals surface area (Å²) in [5.74, 6) is 0.222. The predicted octanol–water partition coefficient (Wildman–Crippen LogP) is 3.29. The maximum absolute atomic E-state index is 12.8. The molecule has 2 aromatic rings. The second-order valence-electron chi connectivity index (χ2n) is 8.30. The molecule has 1 saturated heterocycles. The van der Waals surface area contributed by atoms with Gasteiger partial charge in [-0.05, 0) is 56.0 Å². The lowest BCUT2D eigenvalue weighted by Gasteiger charge is -2.25. The van der Waals surface area contributed by atoms with E-state index in [1.165, 1.54) is 4.90 Å². The zero-order valence-corrected chi connectivity index (χ0v) is 20.6. The normalized spacial score (nSPS) is 14.4. The molecule has 0 radical (unpaired) electrons. The number of hydrogen-bond acceptors (Lipinski definition) is 5. The average molecular weight is 488 g/mol. The van der Waals surface area contributed by atoms with E-state index in [0.29, 0.717) is 37.5 Å². The second kappa shape index (κ2) is 12.0. The maximum atomic E-state index is 12.8. The lowest BCUT2D eigenvalue weighted by atomic mass is 10.1. The molecule has 9 heteroatoms. The van der Waals surface area contributed by atoms with E-state index in [9.17, 15) is 18.0 Å². The third-order valence-corrected chi connectivity index (χ3v) is 7.84. The van der Waals surface area contributed by atoms with E-state index < -0.39 is 10.0 Å². The van der Waals surface area contributed by atoms with Crippen LogP contribution in [-0.2, 0) is 26.0 Å². The number of ether oxygens (including phenoxy) is 1. The van der Waals surface area contributed by atoms with Gasteiger partial charge in [0.15, 0.2) is 0 Å². The minimum Gasteiger partial charge on any atom is -0.497 e. The molecule has 0 aliphatic carbocycles. The number of sulfonamides is 1. The Bertz CT molecular complexity index is 1080. The Balaban J connectivity index is 1.52. The number of methoxy groups -OCH3 is 1. The van der Waals surface area contributed by atoms with E-state index >= 15 is 0 Å². The molecule has 184 valence electrons. The first-order valence-corrected chi connectivity index (χ1v) is 13.1. The number of nitrogens with one attached hydrogen (secondary N) is 1. The van der Waals surface area contributed by atoms with Gasteiger partial charge in [-0.2, -0.15) is 4.31 Å². The van der Waals surface area contributed by atoms with Crippen LogP contribution >= 0.6 is 0 Å². The number of aryl methyl sites for hydroxylation is 1. The van der Waals surface area contributed by atoms with Gasteiger partial charge in [-0.15, -0.1) is 0 Å². The van der Waals surface area contributed by atoms with Gasteiger partial charge in [-0.1, -0.05) is 24.6 Å². The van der Waals surface area contributed by atoms with Gasteiger partial charge in [0.25, 0.3) is 0 Å². The molecule has 0 bridgehead atoms. The number of benzene rings is 2. The van der Waals surface area contributed by atoms with Crippen LogP contribution < -0.4 is 10.1 Å². The van der Waals surface area contributed by atoms with Crippen molar-refractivity contribution in [2.75, 3.05) is 38.6 Å². The van der Waals surface area contributed by atoms with E-state index in [1.54, 1.807) is 59.9 Å². The molecular formula is C25H33N3O5S. The molecule has 0 atom stereocenters. The van der Waals surface area contributed by atoms with Gasteiger partial charge in [-0.25, -0.2) is 8.42 Å². The SMILES string of the molecule is CCN(CC(=O)Nc1cccc(OC)c1)C(=O)CCc1ccc(S(=O)(=O)N2CCCCC2)cc1. The summed E-state index contributed by atoms with van der Waals surface area (Å²) >= 11 is 0. The fourth-order valence-electron chi connectivity index (χ4n) is 3.94. The first-order chi connectivity index (χ1) is 16.3. The van der Waals surface area contributed by atoms with Gasteiger partial charge < -0.3 is 15.0 Å². The molecule has 0 aromatic heterocycles. The summed E-state index contributed by atoms with van der Waals surface area (Å²) < 4.78 is 32.3. The smallest absolute Gasteiger partial charge is 0.243 e. The fourth-order valence-corrected chi connectivity index (χ4v) is 5.46. The van der Waals surface area contributed by atoms with E-state index in [-0.39, 0.29) is 29.7 Å². The molecular weight excluding hydrogens is 454 g/mol. The first-order valence-electron chi connectivity index (χ1n) is 11.6. The van der Waals surface area contributed by atoms with Crippen molar-refractivity contribution in [1.82, 2.24) is 9.21 Å². The van der Waals surface area contributed by atoms with Crippen molar-refractivity contribution in [2.24, 2.45) is 0 Å². The van der Waals surface area contributed by atoms with Crippen LogP contribution in [0.25, 0.3) is 0 Å². The number of carbonyl (C=O) groups excluding carboxylic acids is 2. The highest BCUT2D eigenvalue weighted by Gasteiger charge is 2.25. The van der Waals surface area contributed by atoms with Crippen LogP contribution in [0.15, 0.2) is 53.4 Å². The monoisotopic (exact) mass is 487 g/mol. The standard InChI is InChI=1S/C25H33N3O5S/c1-3-27(19-24(29)26-21-8-7-9-22(18-21)33-2)25(30)15-12-20-10-13-23(14-11-20)34(31,32)28-16-5-4-6-17-28/h7-11,13-14,18H,3-6,12,15-17,19H2,1-2H3,(H,26,29). The molecule has 0 unspecified atom stereocenters. The van der Waals surface area contributed by atoms with Gasteiger partial charge >= 0.3 is 0 Å². The highest BCUT2D eigenvalue weighted by molar-refractivity contribution is 7.89. The second-order valence-corrected chi connectivity index (χ2v) is 10.2. The van der Waals surface area contributed by atoms with E-state index in [2.05, 4.69) is 5.32 Å². The molecule has 2 aromatic carbocycles. The number of carbonyl (C=O) groups is 2. The van der Waals surface area contributed by atoms with Crippen molar-refractivity contribution >= 4 is 27.5 Å².